The molecule has 2 aromatic rings. The molecule has 10 heteroatoms. The van der Waals surface area contributed by atoms with E-state index in [0.29, 0.717) is 18.6 Å². The van der Waals surface area contributed by atoms with E-state index in [1.807, 2.05) is 37.2 Å². The minimum absolute atomic E-state index is 0.00271. The Labute approximate surface area is 203 Å². The average molecular weight is 497 g/mol. The molecule has 3 rings (SSSR count). The van der Waals surface area contributed by atoms with E-state index < -0.39 is 23.2 Å². The number of aromatic nitrogens is 2. The second kappa shape index (κ2) is 9.81. The Morgan fingerprint density at radius 1 is 1.20 bits per heavy atom. The lowest BCUT2D eigenvalue weighted by atomic mass is 9.92. The van der Waals surface area contributed by atoms with Gasteiger partial charge in [0.1, 0.15) is 12.4 Å². The van der Waals surface area contributed by atoms with Crippen LogP contribution in [0.1, 0.15) is 69.1 Å². The van der Waals surface area contributed by atoms with Crippen molar-refractivity contribution >= 4 is 5.91 Å². The van der Waals surface area contributed by atoms with Crippen molar-refractivity contribution in [2.24, 2.45) is 17.8 Å². The number of alkyl halides is 3. The third kappa shape index (κ3) is 6.76. The fraction of sp³-hybridized carbons (Fsp3) is 0.600. The van der Waals surface area contributed by atoms with Crippen molar-refractivity contribution in [2.75, 3.05) is 13.2 Å². The summed E-state index contributed by atoms with van der Waals surface area (Å²) in [6, 6.07) is 4.60. The molecular formula is C25H35F3N4O3. The highest BCUT2D eigenvalue weighted by Crippen LogP contribution is 2.33. The molecule has 1 fully saturated rings. The van der Waals surface area contributed by atoms with E-state index in [0.717, 1.165) is 36.7 Å². The lowest BCUT2D eigenvalue weighted by Crippen LogP contribution is -2.38. The number of benzene rings is 1. The first kappa shape index (κ1) is 27.0. The van der Waals surface area contributed by atoms with Gasteiger partial charge in [0, 0.05) is 36.4 Å². The summed E-state index contributed by atoms with van der Waals surface area (Å²) in [5, 5.41) is 0. The summed E-state index contributed by atoms with van der Waals surface area (Å²) < 4.78 is 55.4. The van der Waals surface area contributed by atoms with Crippen molar-refractivity contribution in [3.05, 3.63) is 46.6 Å². The molecule has 2 heterocycles. The molecule has 1 aromatic carbocycles. The predicted molar refractivity (Wildman–Crippen MR) is 126 cm³/mol. The molecule has 1 atom stereocenters. The number of nitrogens with zero attached hydrogens (tertiary/aromatic N) is 3. The van der Waals surface area contributed by atoms with Crippen LogP contribution in [0.5, 0.6) is 5.75 Å². The van der Waals surface area contributed by atoms with Crippen molar-refractivity contribution in [1.29, 1.82) is 0 Å². The topological polar surface area (TPSA) is 83.8 Å². The predicted octanol–water partition coefficient (Wildman–Crippen LogP) is 4.18. The summed E-state index contributed by atoms with van der Waals surface area (Å²) in [5.41, 5.74) is 5.01. The summed E-state index contributed by atoms with van der Waals surface area (Å²) in [6.07, 6.45) is -2.80. The van der Waals surface area contributed by atoms with Gasteiger partial charge in [-0.05, 0) is 44.9 Å². The van der Waals surface area contributed by atoms with Gasteiger partial charge in [0.25, 0.3) is 5.91 Å². The molecule has 0 radical (unpaired) electrons. The van der Waals surface area contributed by atoms with Crippen molar-refractivity contribution in [2.45, 2.75) is 77.2 Å². The van der Waals surface area contributed by atoms with Crippen LogP contribution >= 0.6 is 0 Å². The third-order valence-corrected chi connectivity index (χ3v) is 5.76. The molecule has 0 aliphatic carbocycles. The number of hydrogen-bond acceptors (Lipinski definition) is 4. The molecule has 0 unspecified atom stereocenters. The zero-order valence-corrected chi connectivity index (χ0v) is 21.2. The number of carbonyl (C=O) groups excluding carboxylic acids is 1. The molecule has 194 valence electrons. The molecular weight excluding hydrogens is 461 g/mol. The van der Waals surface area contributed by atoms with Crippen LogP contribution in [0.3, 0.4) is 0 Å². The van der Waals surface area contributed by atoms with Gasteiger partial charge < -0.3 is 15.2 Å². The maximum absolute atomic E-state index is 13.4. The van der Waals surface area contributed by atoms with Gasteiger partial charge in [-0.2, -0.15) is 18.2 Å². The summed E-state index contributed by atoms with van der Waals surface area (Å²) in [6.45, 7) is 10.7. The Morgan fingerprint density at radius 2 is 1.89 bits per heavy atom. The van der Waals surface area contributed by atoms with Gasteiger partial charge in [0.2, 0.25) is 0 Å². The monoisotopic (exact) mass is 496 g/mol. The summed E-state index contributed by atoms with van der Waals surface area (Å²) in [7, 11) is 1.88. The summed E-state index contributed by atoms with van der Waals surface area (Å²) in [4.78, 5) is 17.6. The second-order valence-electron chi connectivity index (χ2n) is 10.8. The quantitative estimate of drug-likeness (QED) is 0.651. The van der Waals surface area contributed by atoms with Gasteiger partial charge in [-0.3, -0.25) is 14.2 Å². The zero-order valence-electron chi connectivity index (χ0n) is 21.2. The number of halogens is 3. The van der Waals surface area contributed by atoms with Crippen LogP contribution in [-0.2, 0) is 29.9 Å². The van der Waals surface area contributed by atoms with E-state index in [1.54, 1.807) is 19.9 Å². The molecule has 1 aromatic heterocycles. The molecule has 2 N–H and O–H groups in total. The molecule has 0 bridgehead atoms. The largest absolute Gasteiger partial charge is 0.491 e. The highest BCUT2D eigenvalue weighted by Gasteiger charge is 2.32. The van der Waals surface area contributed by atoms with E-state index in [-0.39, 0.29) is 29.4 Å². The van der Waals surface area contributed by atoms with E-state index >= 15 is 0 Å². The zero-order chi connectivity index (χ0) is 26.2. The van der Waals surface area contributed by atoms with Crippen molar-refractivity contribution < 1.29 is 27.4 Å². The third-order valence-electron chi connectivity index (χ3n) is 5.76. The Morgan fingerprint density at radius 3 is 2.43 bits per heavy atom. The first-order valence-electron chi connectivity index (χ1n) is 11.7. The van der Waals surface area contributed by atoms with Crippen molar-refractivity contribution in [3.8, 4) is 5.75 Å². The van der Waals surface area contributed by atoms with Gasteiger partial charge in [-0.25, -0.2) is 0 Å². The fourth-order valence-corrected chi connectivity index (χ4v) is 3.99. The highest BCUT2D eigenvalue weighted by molar-refractivity contribution is 5.97. The van der Waals surface area contributed by atoms with Gasteiger partial charge in [-0.15, -0.1) is 0 Å². The standard InChI is InChI=1S/C25H35F3N4O3/c1-23(2,3)20-13-21(32(31(20)6)14-17-8-7-11-34-17)30-22(33)18-12-16(25(26,27)28)9-10-19(18)35-15-24(4,5)29/h9-10,12-13,17H,7-8,11,14-15,29H2,1-6H3/b30-21+/t17-/m1/s1. The van der Waals surface area contributed by atoms with E-state index in [2.05, 4.69) is 4.99 Å². The molecule has 1 aliphatic rings. The minimum atomic E-state index is -4.62. The Bertz CT molecular complexity index is 1130. The van der Waals surface area contributed by atoms with Crippen LogP contribution in [0.15, 0.2) is 29.3 Å². The van der Waals surface area contributed by atoms with Crippen LogP contribution in [-0.4, -0.2) is 40.1 Å². The normalized spacial score (nSPS) is 17.8. The highest BCUT2D eigenvalue weighted by atomic mass is 19.4. The lowest BCUT2D eigenvalue weighted by Gasteiger charge is -2.21. The molecule has 1 saturated heterocycles. The first-order valence-corrected chi connectivity index (χ1v) is 11.7. The Hall–Kier alpha value is -2.59. The molecule has 0 saturated carbocycles. The lowest BCUT2D eigenvalue weighted by molar-refractivity contribution is -0.137. The Kier molecular flexibility index (Phi) is 7.57. The van der Waals surface area contributed by atoms with Crippen LogP contribution in [0.4, 0.5) is 13.2 Å². The molecule has 1 amide bonds. The maximum atomic E-state index is 13.4. The average Bonchev–Trinajstić information content (AvgIpc) is 3.34. The van der Waals surface area contributed by atoms with E-state index in [9.17, 15) is 18.0 Å². The van der Waals surface area contributed by atoms with Crippen LogP contribution in [0, 0.1) is 0 Å². The number of ether oxygens (including phenoxy) is 2. The van der Waals surface area contributed by atoms with Crippen molar-refractivity contribution in [1.82, 2.24) is 9.36 Å². The number of hydrogen-bond donors (Lipinski definition) is 1. The molecule has 1 aliphatic heterocycles. The van der Waals surface area contributed by atoms with Gasteiger partial charge in [-0.1, -0.05) is 20.8 Å². The van der Waals surface area contributed by atoms with Crippen LogP contribution in [0.2, 0.25) is 0 Å². The molecule has 7 nitrogen and oxygen atoms in total. The van der Waals surface area contributed by atoms with E-state index in [4.69, 9.17) is 15.2 Å². The van der Waals surface area contributed by atoms with Crippen molar-refractivity contribution in [3.63, 3.8) is 0 Å². The second-order valence-corrected chi connectivity index (χ2v) is 10.8. The van der Waals surface area contributed by atoms with E-state index in [1.165, 1.54) is 0 Å². The maximum Gasteiger partial charge on any atom is 0.416 e. The summed E-state index contributed by atoms with van der Waals surface area (Å²) >= 11 is 0. The first-order chi connectivity index (χ1) is 16.1. The SMILES string of the molecule is Cn1c(C(C)(C)C)c/c(=N\C(=O)c2cc(C(F)(F)F)ccc2OCC(C)(C)N)n1C[C@H]1CCCO1. The van der Waals surface area contributed by atoms with Gasteiger partial charge in [0.15, 0.2) is 5.49 Å². The number of rotatable bonds is 6. The fourth-order valence-electron chi connectivity index (χ4n) is 3.99. The summed E-state index contributed by atoms with van der Waals surface area (Å²) in [5.74, 6) is -0.823. The minimum Gasteiger partial charge on any atom is -0.491 e. The van der Waals surface area contributed by atoms with Gasteiger partial charge in [0.05, 0.1) is 23.8 Å². The Balaban J connectivity index is 2.10. The van der Waals surface area contributed by atoms with Crippen LogP contribution < -0.4 is 16.0 Å². The van der Waals surface area contributed by atoms with Crippen LogP contribution in [0.25, 0.3) is 0 Å². The number of carbonyl (C=O) groups is 1. The molecule has 0 spiro atoms. The van der Waals surface area contributed by atoms with Gasteiger partial charge >= 0.3 is 6.18 Å². The number of amides is 1. The smallest absolute Gasteiger partial charge is 0.416 e. The number of nitrogens with two attached hydrogens (primary N) is 1. The molecule has 35 heavy (non-hydrogen) atoms.